The molecule has 0 saturated heterocycles. The summed E-state index contributed by atoms with van der Waals surface area (Å²) in [7, 11) is -0.380. The van der Waals surface area contributed by atoms with Gasteiger partial charge in [-0.1, -0.05) is 35.9 Å². The highest BCUT2D eigenvalue weighted by molar-refractivity contribution is 7.89. The van der Waals surface area contributed by atoms with Gasteiger partial charge in [-0.15, -0.1) is 0 Å². The van der Waals surface area contributed by atoms with E-state index < -0.39 is 10.0 Å². The van der Waals surface area contributed by atoms with Crippen LogP contribution in [0.4, 0.5) is 0 Å². The Hall–Kier alpha value is -1.56. The van der Waals surface area contributed by atoms with Crippen LogP contribution < -0.4 is 4.74 Å². The Morgan fingerprint density at radius 3 is 2.55 bits per heavy atom. The average Bonchev–Trinajstić information content (AvgIpc) is 2.52. The fourth-order valence-electron chi connectivity index (χ4n) is 2.11. The normalized spacial score (nSPS) is 11.6. The molecule has 0 saturated carbocycles. The van der Waals surface area contributed by atoms with Gasteiger partial charge >= 0.3 is 0 Å². The van der Waals surface area contributed by atoms with Crippen LogP contribution in [-0.4, -0.2) is 33.4 Å². The molecule has 2 aromatic carbocycles. The molecule has 2 aromatic rings. The summed E-state index contributed by atoms with van der Waals surface area (Å²) in [5.41, 5.74) is 0.971. The van der Waals surface area contributed by atoms with E-state index in [1.807, 2.05) is 24.3 Å². The lowest BCUT2D eigenvalue weighted by Gasteiger charge is -2.18. The van der Waals surface area contributed by atoms with E-state index in [0.717, 1.165) is 11.3 Å². The molecule has 0 fully saturated rings. The highest BCUT2D eigenvalue weighted by atomic mass is 35.5. The van der Waals surface area contributed by atoms with Crippen LogP contribution >= 0.6 is 11.6 Å². The first-order chi connectivity index (χ1) is 10.4. The molecule has 0 aliphatic heterocycles. The lowest BCUT2D eigenvalue weighted by Crippen LogP contribution is -2.29. The van der Waals surface area contributed by atoms with E-state index in [2.05, 4.69) is 0 Å². The monoisotopic (exact) mass is 339 g/mol. The second kappa shape index (κ2) is 7.13. The van der Waals surface area contributed by atoms with Crippen LogP contribution in [0, 0.1) is 0 Å². The standard InChI is InChI=1S/C16H18ClNO3S/c1-18(11-10-13-6-3-4-9-16(13)21-2)22(19,20)15-8-5-7-14(17)12-15/h3-9,12H,10-11H2,1-2H3. The summed E-state index contributed by atoms with van der Waals surface area (Å²) >= 11 is 5.87. The number of ether oxygens (including phenoxy) is 1. The van der Waals surface area contributed by atoms with Crippen molar-refractivity contribution in [2.75, 3.05) is 20.7 Å². The van der Waals surface area contributed by atoms with Gasteiger partial charge in [-0.25, -0.2) is 12.7 Å². The van der Waals surface area contributed by atoms with Crippen LogP contribution in [0.1, 0.15) is 5.56 Å². The summed E-state index contributed by atoms with van der Waals surface area (Å²) in [6.45, 7) is 0.356. The maximum atomic E-state index is 12.5. The molecule has 0 aromatic heterocycles. The Morgan fingerprint density at radius 1 is 1.14 bits per heavy atom. The number of hydrogen-bond donors (Lipinski definition) is 0. The lowest BCUT2D eigenvalue weighted by molar-refractivity contribution is 0.406. The third-order valence-electron chi connectivity index (χ3n) is 3.39. The van der Waals surface area contributed by atoms with Gasteiger partial charge in [0.1, 0.15) is 5.75 Å². The van der Waals surface area contributed by atoms with E-state index in [1.165, 1.54) is 10.4 Å². The van der Waals surface area contributed by atoms with Gasteiger partial charge in [0.25, 0.3) is 0 Å². The van der Waals surface area contributed by atoms with Gasteiger partial charge in [-0.05, 0) is 36.2 Å². The molecule has 0 aliphatic rings. The number of nitrogens with zero attached hydrogens (tertiary/aromatic N) is 1. The minimum atomic E-state index is -3.54. The highest BCUT2D eigenvalue weighted by Crippen LogP contribution is 2.21. The number of likely N-dealkylation sites (N-methyl/N-ethyl adjacent to an activating group) is 1. The number of halogens is 1. The molecular formula is C16H18ClNO3S. The van der Waals surface area contributed by atoms with E-state index in [4.69, 9.17) is 16.3 Å². The molecule has 0 amide bonds. The first-order valence-corrected chi connectivity index (χ1v) is 8.61. The molecule has 0 heterocycles. The SMILES string of the molecule is COc1ccccc1CCN(C)S(=O)(=O)c1cccc(Cl)c1. The number of para-hydroxylation sites is 1. The van der Waals surface area contributed by atoms with Gasteiger partial charge < -0.3 is 4.74 Å². The van der Waals surface area contributed by atoms with Crippen LogP contribution in [0.3, 0.4) is 0 Å². The topological polar surface area (TPSA) is 46.6 Å². The number of hydrogen-bond acceptors (Lipinski definition) is 3. The van der Waals surface area contributed by atoms with E-state index in [-0.39, 0.29) is 4.90 Å². The number of benzene rings is 2. The zero-order chi connectivity index (χ0) is 16.2. The number of methoxy groups -OCH3 is 1. The molecule has 0 atom stereocenters. The summed E-state index contributed by atoms with van der Waals surface area (Å²) in [6, 6.07) is 13.9. The van der Waals surface area contributed by atoms with Crippen molar-refractivity contribution in [1.82, 2.24) is 4.31 Å². The molecular weight excluding hydrogens is 322 g/mol. The second-order valence-corrected chi connectivity index (χ2v) is 7.33. The molecule has 118 valence electrons. The first-order valence-electron chi connectivity index (χ1n) is 6.79. The van der Waals surface area contributed by atoms with Crippen LogP contribution in [0.5, 0.6) is 5.75 Å². The summed E-state index contributed by atoms with van der Waals surface area (Å²) in [4.78, 5) is 0.197. The van der Waals surface area contributed by atoms with Gasteiger partial charge in [-0.2, -0.15) is 0 Å². The summed E-state index contributed by atoms with van der Waals surface area (Å²) in [6.07, 6.45) is 0.570. The largest absolute Gasteiger partial charge is 0.496 e. The van der Waals surface area contributed by atoms with E-state index in [0.29, 0.717) is 18.0 Å². The van der Waals surface area contributed by atoms with Crippen LogP contribution in [0.15, 0.2) is 53.4 Å². The third-order valence-corrected chi connectivity index (χ3v) is 5.48. The van der Waals surface area contributed by atoms with Crippen molar-refractivity contribution in [3.05, 3.63) is 59.1 Å². The molecule has 6 heteroatoms. The van der Waals surface area contributed by atoms with Crippen LogP contribution in [0.2, 0.25) is 5.02 Å². The molecule has 0 bridgehead atoms. The Morgan fingerprint density at radius 2 is 1.86 bits per heavy atom. The van der Waals surface area contributed by atoms with Gasteiger partial charge in [-0.3, -0.25) is 0 Å². The predicted octanol–water partition coefficient (Wildman–Crippen LogP) is 3.21. The van der Waals surface area contributed by atoms with Crippen LogP contribution in [-0.2, 0) is 16.4 Å². The molecule has 0 unspecified atom stereocenters. The van der Waals surface area contributed by atoms with Crippen molar-refractivity contribution < 1.29 is 13.2 Å². The van der Waals surface area contributed by atoms with Crippen molar-refractivity contribution in [2.24, 2.45) is 0 Å². The molecule has 0 N–H and O–H groups in total. The highest BCUT2D eigenvalue weighted by Gasteiger charge is 2.21. The van der Waals surface area contributed by atoms with Crippen molar-refractivity contribution >= 4 is 21.6 Å². The van der Waals surface area contributed by atoms with Crippen molar-refractivity contribution in [3.63, 3.8) is 0 Å². The minimum Gasteiger partial charge on any atom is -0.496 e. The fourth-order valence-corrected chi connectivity index (χ4v) is 3.59. The third kappa shape index (κ3) is 3.80. The smallest absolute Gasteiger partial charge is 0.242 e. The molecule has 22 heavy (non-hydrogen) atoms. The maximum absolute atomic E-state index is 12.5. The molecule has 0 spiro atoms. The first kappa shape index (κ1) is 16.8. The van der Waals surface area contributed by atoms with Crippen LogP contribution in [0.25, 0.3) is 0 Å². The van der Waals surface area contributed by atoms with Gasteiger partial charge in [0, 0.05) is 18.6 Å². The number of rotatable bonds is 6. The molecule has 2 rings (SSSR count). The van der Waals surface area contributed by atoms with Gasteiger partial charge in [0.2, 0.25) is 10.0 Å². The van der Waals surface area contributed by atoms with Crippen molar-refractivity contribution in [3.8, 4) is 5.75 Å². The van der Waals surface area contributed by atoms with E-state index >= 15 is 0 Å². The zero-order valence-corrected chi connectivity index (χ0v) is 14.1. The quantitative estimate of drug-likeness (QED) is 0.811. The predicted molar refractivity (Wildman–Crippen MR) is 88.0 cm³/mol. The molecule has 0 aliphatic carbocycles. The lowest BCUT2D eigenvalue weighted by atomic mass is 10.1. The van der Waals surface area contributed by atoms with Crippen molar-refractivity contribution in [1.29, 1.82) is 0 Å². The average molecular weight is 340 g/mol. The minimum absolute atomic E-state index is 0.197. The Balaban J connectivity index is 2.13. The summed E-state index contributed by atoms with van der Waals surface area (Å²) in [5.74, 6) is 0.760. The molecule has 4 nitrogen and oxygen atoms in total. The Kier molecular flexibility index (Phi) is 5.45. The van der Waals surface area contributed by atoms with Gasteiger partial charge in [0.05, 0.1) is 12.0 Å². The molecule has 0 radical (unpaired) electrons. The van der Waals surface area contributed by atoms with Gasteiger partial charge in [0.15, 0.2) is 0 Å². The zero-order valence-electron chi connectivity index (χ0n) is 12.5. The summed E-state index contributed by atoms with van der Waals surface area (Å²) < 4.78 is 31.6. The summed E-state index contributed by atoms with van der Waals surface area (Å²) in [5, 5.41) is 0.402. The van der Waals surface area contributed by atoms with E-state index in [9.17, 15) is 8.42 Å². The fraction of sp³-hybridized carbons (Fsp3) is 0.250. The van der Waals surface area contributed by atoms with Crippen molar-refractivity contribution in [2.45, 2.75) is 11.3 Å². The number of sulfonamides is 1. The Bertz CT molecular complexity index is 747. The van der Waals surface area contributed by atoms with E-state index in [1.54, 1.807) is 32.4 Å². The Labute approximate surface area is 136 Å². The second-order valence-electron chi connectivity index (χ2n) is 4.85. The maximum Gasteiger partial charge on any atom is 0.242 e.